The molecule has 0 aliphatic rings. The van der Waals surface area contributed by atoms with Gasteiger partial charge in [0.05, 0.1) is 0 Å². The zero-order valence-electron chi connectivity index (χ0n) is 11.9. The molecule has 0 saturated carbocycles. The van der Waals surface area contributed by atoms with Crippen molar-refractivity contribution in [3.05, 3.63) is 0 Å². The van der Waals surface area contributed by atoms with Gasteiger partial charge in [-0.15, -0.1) is 0 Å². The van der Waals surface area contributed by atoms with Crippen LogP contribution in [0.4, 0.5) is 0 Å². The monoisotopic (exact) mass is 3820 g/mol. The molecule has 0 saturated heterocycles. The Labute approximate surface area is 389 Å². The molecule has 0 N–H and O–H groups in total. The normalized spacial score (nSPS) is 18.3. The maximum atomic E-state index is 6.27. The first-order chi connectivity index (χ1) is 14.1. The molecule has 0 bridgehead atoms. The van der Waals surface area contributed by atoms with Crippen LogP contribution in [0.1, 0.15) is 0 Å². The molecule has 0 rings (SSSR count). The van der Waals surface area contributed by atoms with Gasteiger partial charge in [0.25, 0.3) is 0 Å². The van der Waals surface area contributed by atoms with Crippen molar-refractivity contribution in [1.82, 2.24) is 0 Å². The second-order valence-corrected chi connectivity index (χ2v) is 688. The van der Waals surface area contributed by atoms with Crippen LogP contribution in [0.5, 0.6) is 0 Å². The summed E-state index contributed by atoms with van der Waals surface area (Å²) >= 11 is 47.5. The molecule has 31 heteroatoms. The summed E-state index contributed by atoms with van der Waals surface area (Å²) in [6, 6.07) is 0. The molecule has 0 heterocycles. The third-order valence-corrected chi connectivity index (χ3v) is 2170. The number of hydrogen-bond donors (Lipinski definition) is 0. The average Bonchev–Trinajstić information content (AvgIpc) is 2.76. The van der Waals surface area contributed by atoms with Gasteiger partial charge in [-0.2, -0.15) is 0 Å². The van der Waals surface area contributed by atoms with E-state index in [-0.39, 0.29) is 17.0 Å². The second kappa shape index (κ2) is 32.0. The fraction of sp³-hybridized carbons (Fsp3) is 0. The molecular weight excluding hydrogens is 3820 g/mol. The van der Waals surface area contributed by atoms with E-state index in [1.54, 1.807) is 0 Å². The Morgan fingerprint density at radius 2 is 0.516 bits per heavy atom. The molecule has 2 radical (unpaired) electrons. The van der Waals surface area contributed by atoms with Gasteiger partial charge in [0, 0.05) is 0 Å². The zero-order valence-corrected chi connectivity index (χ0v) is 76.6. The first kappa shape index (κ1) is 53.0. The van der Waals surface area contributed by atoms with E-state index >= 15 is 0 Å². The molecule has 0 aromatic carbocycles. The van der Waals surface area contributed by atoms with E-state index in [1.807, 2.05) is 0 Å². The Morgan fingerprint density at radius 3 is 0.710 bits per heavy atom. The summed E-state index contributed by atoms with van der Waals surface area (Å²) in [5, 5.41) is 0. The third kappa shape index (κ3) is 22.5. The zero-order chi connectivity index (χ0) is 24.8. The Kier molecular flexibility index (Phi) is 54.6. The Bertz CT molecular complexity index is 471. The number of rotatable bonds is 14. The Balaban J connectivity index is 5.19. The van der Waals surface area contributed by atoms with Crippen molar-refractivity contribution in [2.24, 2.45) is 0 Å². The molecule has 214 valence electrons. The van der Waals surface area contributed by atoms with E-state index in [0.29, 0.717) is 0 Å². The molecule has 0 aliphatic carbocycles. The van der Waals surface area contributed by atoms with Crippen LogP contribution in [0, 0.1) is 0 Å². The number of halogens is 30. The second-order valence-electron chi connectivity index (χ2n) is 2.35. The summed E-state index contributed by atoms with van der Waals surface area (Å²) in [5.41, 5.74) is 6.27. The van der Waals surface area contributed by atoms with Crippen LogP contribution < -0.4 is 17.0 Å². The fourth-order valence-electron chi connectivity index (χ4n) is 0.394. The van der Waals surface area contributed by atoms with Crippen LogP contribution in [0.15, 0.2) is 0 Å². The van der Waals surface area contributed by atoms with Gasteiger partial charge in [0.2, 0.25) is 0 Å². The van der Waals surface area contributed by atoms with Crippen LogP contribution in [0.3, 0.4) is 0 Å². The topological polar surface area (TPSA) is 0 Å². The fourth-order valence-corrected chi connectivity index (χ4v) is 5080. The molecule has 0 atom stereocenters. The predicted octanol–water partition coefficient (Wildman–Crippen LogP) is 22.3. The van der Waals surface area contributed by atoms with Crippen molar-refractivity contribution in [2.45, 2.75) is 0 Å². The summed E-state index contributed by atoms with van der Waals surface area (Å²) in [6.07, 6.45) is 0. The quantitative estimate of drug-likeness (QED) is 0.120. The third-order valence-electron chi connectivity index (χ3n) is 1.12. The van der Waals surface area contributed by atoms with Gasteiger partial charge < -0.3 is 0 Å². The number of hydrogen-bond acceptors (Lipinski definition) is 0. The van der Waals surface area contributed by atoms with Crippen molar-refractivity contribution in [3.63, 3.8) is 0 Å². The predicted molar refractivity (Wildman–Crippen MR) is 412 cm³/mol. The van der Waals surface area contributed by atoms with Crippen molar-refractivity contribution < 1.29 is 17.0 Å². The molecule has 0 nitrogen and oxygen atoms in total. The minimum absolute atomic E-state index is 0.172. The molecule has 0 aromatic rings. The van der Waals surface area contributed by atoms with Gasteiger partial charge in [-0.3, -0.25) is 0 Å². The van der Waals surface area contributed by atoms with E-state index in [1.165, 1.54) is 0 Å². The molecule has 0 aromatic heterocycles. The van der Waals surface area contributed by atoms with E-state index in [0.717, 1.165) is 0 Å². The van der Waals surface area contributed by atoms with E-state index in [2.05, 4.69) is 279 Å². The van der Waals surface area contributed by atoms with Gasteiger partial charge >= 0.3 is 412 Å². The molecule has 0 spiro atoms. The molecule has 0 unspecified atom stereocenters. The summed E-state index contributed by atoms with van der Waals surface area (Å²) in [6.45, 7) is 0. The SMILES string of the molecule is [B][I-]I(I)I(I)I(I)I(I)I(I)I(I)I(I)I(I)I(I)I(I)I(I)I(I)I(I)I(I)I. The molecule has 0 amide bonds. The maximum absolute atomic E-state index is 6.27. The van der Waals surface area contributed by atoms with Crippen molar-refractivity contribution >= 4 is 395 Å². The minimum atomic E-state index is -0.574. The molecule has 0 aliphatic heterocycles. The Hall–Kier alpha value is 22.0. The van der Waals surface area contributed by atoms with Gasteiger partial charge in [-0.25, -0.2) is 0 Å². The first-order valence-corrected chi connectivity index (χ1v) is 188. The molecular formula is BI30-. The van der Waals surface area contributed by atoms with Crippen LogP contribution in [-0.2, 0) is 0 Å². The van der Waals surface area contributed by atoms with Crippen LogP contribution in [0.25, 0.3) is 0 Å². The first-order valence-electron chi connectivity index (χ1n) is 4.36. The Morgan fingerprint density at radius 1 is 0.323 bits per heavy atom. The van der Waals surface area contributed by atoms with E-state index < -0.39 is 111 Å². The summed E-state index contributed by atoms with van der Waals surface area (Å²) in [5.74, 6) is 0. The summed E-state index contributed by atoms with van der Waals surface area (Å²) in [7, 11) is -6.99. The molecule has 31 heavy (non-hydrogen) atoms. The van der Waals surface area contributed by atoms with Gasteiger partial charge in [-0.05, 0) is 0 Å². The van der Waals surface area contributed by atoms with Crippen LogP contribution in [0.2, 0.25) is 0 Å². The summed E-state index contributed by atoms with van der Waals surface area (Å²) < 4.78 is 0. The van der Waals surface area contributed by atoms with Gasteiger partial charge in [0.15, 0.2) is 0 Å². The van der Waals surface area contributed by atoms with E-state index in [4.69, 9.17) is 5.70 Å². The van der Waals surface area contributed by atoms with Crippen LogP contribution >= 0.6 is 390 Å². The van der Waals surface area contributed by atoms with Crippen molar-refractivity contribution in [1.29, 1.82) is 0 Å². The van der Waals surface area contributed by atoms with Crippen molar-refractivity contribution in [2.75, 3.05) is 0 Å². The van der Waals surface area contributed by atoms with Crippen molar-refractivity contribution in [3.8, 4) is 0 Å². The summed E-state index contributed by atoms with van der Waals surface area (Å²) in [4.78, 5) is 0. The molecule has 0 fully saturated rings. The standard InChI is InChI=1S/BI30/c1-17-19(4)21(6)23(8)25(10)27(12)29(14)31(16)30(15)28(13)26(11)24(9)22(7)20(5)18(2)3/q-1. The van der Waals surface area contributed by atoms with Crippen LogP contribution in [-0.4, -0.2) is 5.70 Å². The average molecular weight is 3820 g/mol. The van der Waals surface area contributed by atoms with E-state index in [9.17, 15) is 0 Å². The van der Waals surface area contributed by atoms with Gasteiger partial charge in [0.1, 0.15) is 0 Å². The van der Waals surface area contributed by atoms with Gasteiger partial charge in [-0.1, -0.05) is 0 Å².